The summed E-state index contributed by atoms with van der Waals surface area (Å²) in [4.78, 5) is 16.0. The lowest BCUT2D eigenvalue weighted by atomic mass is 9.74. The summed E-state index contributed by atoms with van der Waals surface area (Å²) in [7, 11) is 0. The number of benzene rings is 2. The summed E-state index contributed by atoms with van der Waals surface area (Å²) in [5, 5.41) is 22.1. The van der Waals surface area contributed by atoms with Gasteiger partial charge in [-0.15, -0.1) is 11.8 Å². The fourth-order valence-corrected chi connectivity index (χ4v) is 6.09. The summed E-state index contributed by atoms with van der Waals surface area (Å²) in [5.41, 5.74) is -0.662. The number of aliphatic carboxylic acids is 1. The average Bonchev–Trinajstić information content (AvgIpc) is 3.45. The molecule has 0 spiro atoms. The number of hydrogen-bond acceptors (Lipinski definition) is 7. The lowest BCUT2D eigenvalue weighted by Gasteiger charge is -2.40. The van der Waals surface area contributed by atoms with E-state index in [0.29, 0.717) is 5.56 Å². The van der Waals surface area contributed by atoms with Crippen LogP contribution in [0.5, 0.6) is 0 Å². The van der Waals surface area contributed by atoms with Crippen LogP contribution in [0.1, 0.15) is 30.0 Å². The summed E-state index contributed by atoms with van der Waals surface area (Å²) in [6.45, 7) is 2.35. The number of halogens is 3. The molecule has 0 amide bonds. The van der Waals surface area contributed by atoms with Crippen molar-refractivity contribution in [2.75, 3.05) is 13.2 Å². The van der Waals surface area contributed by atoms with Crippen molar-refractivity contribution in [3.63, 3.8) is 0 Å². The van der Waals surface area contributed by atoms with Crippen LogP contribution in [0.4, 0.5) is 13.2 Å². The average molecular weight is 585 g/mol. The highest BCUT2D eigenvalue weighted by atomic mass is 32.2. The summed E-state index contributed by atoms with van der Waals surface area (Å²) in [6.07, 6.45) is 8.15. The van der Waals surface area contributed by atoms with Gasteiger partial charge >= 0.3 is 5.97 Å². The van der Waals surface area contributed by atoms with E-state index >= 15 is 4.39 Å². The first-order chi connectivity index (χ1) is 19.7. The molecule has 8 nitrogen and oxygen atoms in total. The molecule has 1 N–H and O–H groups in total. The Hall–Kier alpha value is -3.92. The zero-order chi connectivity index (χ0) is 29.4. The van der Waals surface area contributed by atoms with Gasteiger partial charge in [-0.1, -0.05) is 37.3 Å². The number of nitriles is 1. The molecule has 3 aromatic rings. The monoisotopic (exact) mass is 584 g/mol. The molecule has 12 heteroatoms. The quantitative estimate of drug-likeness (QED) is 0.310. The van der Waals surface area contributed by atoms with Gasteiger partial charge in [0.15, 0.2) is 6.29 Å². The molecule has 0 aliphatic carbocycles. The van der Waals surface area contributed by atoms with Gasteiger partial charge in [-0.2, -0.15) is 10.4 Å². The van der Waals surface area contributed by atoms with Crippen molar-refractivity contribution in [3.05, 3.63) is 101 Å². The van der Waals surface area contributed by atoms with Gasteiger partial charge in [0.05, 0.1) is 43.1 Å². The molecule has 2 heterocycles. The summed E-state index contributed by atoms with van der Waals surface area (Å²) < 4.78 is 56.0. The first kappa shape index (κ1) is 30.0. The number of nitrogens with zero attached hydrogens (tertiary/aromatic N) is 4. The fraction of sp³-hybridized carbons (Fsp3) is 0.310. The van der Waals surface area contributed by atoms with Gasteiger partial charge in [-0.05, 0) is 29.8 Å². The first-order valence-corrected chi connectivity index (χ1v) is 13.6. The highest BCUT2D eigenvalue weighted by molar-refractivity contribution is 8.00. The van der Waals surface area contributed by atoms with Crippen LogP contribution in [0.2, 0.25) is 0 Å². The molecular weight excluding hydrogens is 557 g/mol. The van der Waals surface area contributed by atoms with E-state index in [-0.39, 0.29) is 36.1 Å². The Morgan fingerprint density at radius 1 is 1.22 bits per heavy atom. The van der Waals surface area contributed by atoms with E-state index in [0.717, 1.165) is 18.2 Å². The Balaban J connectivity index is 1.44. The number of thioether (sulfide) groups is 1. The van der Waals surface area contributed by atoms with E-state index in [2.05, 4.69) is 10.1 Å². The molecule has 4 rings (SSSR count). The number of carboxylic acids is 1. The topological polar surface area (TPSA) is 110 Å². The van der Waals surface area contributed by atoms with Gasteiger partial charge in [0.25, 0.3) is 0 Å². The van der Waals surface area contributed by atoms with Crippen LogP contribution in [0.15, 0.2) is 67.3 Å². The van der Waals surface area contributed by atoms with Crippen LogP contribution in [0.25, 0.3) is 6.08 Å². The van der Waals surface area contributed by atoms with Crippen molar-refractivity contribution in [1.82, 2.24) is 14.8 Å². The number of rotatable bonds is 11. The second kappa shape index (κ2) is 13.6. The standard InChI is InChI=1S/C29H27F3N4O4S/c1-19(29(12-27(37)38,16-36-18-34-17-35-36)24-9-8-22(30)11-26(24)32)41-23-14-39-28(40-15-23)5-3-2-4-21-7-6-20(13-33)10-25(21)31/h2-11,17-19,23,28H,12,14-16H2,1H3,(H,37,38)/t19-,23?,28?,29-/m1/s1. The molecule has 214 valence electrons. The highest BCUT2D eigenvalue weighted by Crippen LogP contribution is 2.43. The van der Waals surface area contributed by atoms with Crippen molar-refractivity contribution in [2.45, 2.75) is 42.1 Å². The highest BCUT2D eigenvalue weighted by Gasteiger charge is 2.44. The van der Waals surface area contributed by atoms with E-state index in [4.69, 9.17) is 14.7 Å². The van der Waals surface area contributed by atoms with Gasteiger partial charge in [0.1, 0.15) is 30.1 Å². The number of hydrogen-bond donors (Lipinski definition) is 1. The van der Waals surface area contributed by atoms with Gasteiger partial charge in [0.2, 0.25) is 0 Å². The fourth-order valence-electron chi connectivity index (χ4n) is 4.65. The van der Waals surface area contributed by atoms with E-state index in [1.807, 2.05) is 6.07 Å². The Bertz CT molecular complexity index is 1450. The van der Waals surface area contributed by atoms with Crippen molar-refractivity contribution in [2.24, 2.45) is 0 Å². The Kier molecular flexibility index (Phi) is 9.99. The molecule has 41 heavy (non-hydrogen) atoms. The lowest BCUT2D eigenvalue weighted by Crippen LogP contribution is -2.45. The molecule has 0 unspecified atom stereocenters. The van der Waals surface area contributed by atoms with E-state index in [9.17, 15) is 18.7 Å². The van der Waals surface area contributed by atoms with Crippen molar-refractivity contribution in [3.8, 4) is 6.07 Å². The number of allylic oxidation sites excluding steroid dienone is 2. The molecule has 1 fully saturated rings. The second-order valence-corrected chi connectivity index (χ2v) is 11.1. The van der Waals surface area contributed by atoms with Crippen LogP contribution in [-0.2, 0) is 26.2 Å². The molecule has 0 saturated carbocycles. The molecule has 0 bridgehead atoms. The van der Waals surface area contributed by atoms with E-state index < -0.39 is 46.8 Å². The van der Waals surface area contributed by atoms with E-state index in [1.54, 1.807) is 31.2 Å². The van der Waals surface area contributed by atoms with Crippen LogP contribution in [0, 0.1) is 28.8 Å². The van der Waals surface area contributed by atoms with Gasteiger partial charge in [-0.25, -0.2) is 18.2 Å². The third kappa shape index (κ3) is 7.64. The smallest absolute Gasteiger partial charge is 0.304 e. The summed E-state index contributed by atoms with van der Waals surface area (Å²) in [5.74, 6) is -3.25. The normalized spacial score (nSPS) is 19.7. The van der Waals surface area contributed by atoms with Crippen LogP contribution in [0.3, 0.4) is 0 Å². The van der Waals surface area contributed by atoms with Gasteiger partial charge in [-0.3, -0.25) is 9.48 Å². The zero-order valence-electron chi connectivity index (χ0n) is 22.0. The molecule has 2 aromatic carbocycles. The van der Waals surface area contributed by atoms with Crippen molar-refractivity contribution >= 4 is 23.8 Å². The third-order valence-electron chi connectivity index (χ3n) is 6.70. The predicted molar refractivity (Wildman–Crippen MR) is 146 cm³/mol. The third-order valence-corrected chi connectivity index (χ3v) is 8.21. The summed E-state index contributed by atoms with van der Waals surface area (Å²) in [6, 6.07) is 9.24. The van der Waals surface area contributed by atoms with Crippen molar-refractivity contribution in [1.29, 1.82) is 5.26 Å². The molecule has 2 atom stereocenters. The van der Waals surface area contributed by atoms with Gasteiger partial charge < -0.3 is 14.6 Å². The molecular formula is C29H27F3N4O4S. The lowest BCUT2D eigenvalue weighted by molar-refractivity contribution is -0.146. The minimum Gasteiger partial charge on any atom is -0.481 e. The van der Waals surface area contributed by atoms with Crippen LogP contribution >= 0.6 is 11.8 Å². The molecule has 1 saturated heterocycles. The van der Waals surface area contributed by atoms with Crippen LogP contribution < -0.4 is 0 Å². The minimum atomic E-state index is -1.30. The zero-order valence-corrected chi connectivity index (χ0v) is 22.8. The minimum absolute atomic E-state index is 0.00197. The number of aromatic nitrogens is 3. The number of ether oxygens (including phenoxy) is 2. The molecule has 1 aliphatic rings. The molecule has 1 aliphatic heterocycles. The Morgan fingerprint density at radius 2 is 2.00 bits per heavy atom. The maximum atomic E-state index is 15.1. The maximum Gasteiger partial charge on any atom is 0.304 e. The number of carboxylic acid groups (broad SMARTS) is 1. The van der Waals surface area contributed by atoms with E-state index in [1.165, 1.54) is 47.3 Å². The largest absolute Gasteiger partial charge is 0.481 e. The second-order valence-electron chi connectivity index (χ2n) is 9.47. The SMILES string of the molecule is C[C@@H](SC1COC(C=CC=Cc2ccc(C#N)cc2F)OC1)[C@@](CC(=O)O)(Cn1cncn1)c1ccc(F)cc1F. The van der Waals surface area contributed by atoms with Crippen LogP contribution in [-0.4, -0.2) is 55.8 Å². The maximum absolute atomic E-state index is 15.1. The molecule has 1 aromatic heterocycles. The molecule has 0 radical (unpaired) electrons. The van der Waals surface area contributed by atoms with Gasteiger partial charge in [0, 0.05) is 22.3 Å². The van der Waals surface area contributed by atoms with Crippen molar-refractivity contribution < 1.29 is 32.5 Å². The predicted octanol–water partition coefficient (Wildman–Crippen LogP) is 5.11. The summed E-state index contributed by atoms with van der Waals surface area (Å²) >= 11 is 1.39. The Morgan fingerprint density at radius 3 is 2.63 bits per heavy atom. The number of carbonyl (C=O) groups is 1. The Labute approximate surface area is 239 Å². The first-order valence-electron chi connectivity index (χ1n) is 12.6.